The Hall–Kier alpha value is -1.80. The van der Waals surface area contributed by atoms with E-state index in [-0.39, 0.29) is 0 Å². The molecule has 2 aromatic carbocycles. The Kier molecular flexibility index (Phi) is 3.68. The summed E-state index contributed by atoms with van der Waals surface area (Å²) in [5, 5.41) is 9.78. The summed E-state index contributed by atoms with van der Waals surface area (Å²) >= 11 is 5.97. The van der Waals surface area contributed by atoms with E-state index in [0.717, 1.165) is 16.7 Å². The van der Waals surface area contributed by atoms with Crippen molar-refractivity contribution >= 4 is 17.6 Å². The molecule has 2 rings (SSSR count). The highest BCUT2D eigenvalue weighted by Crippen LogP contribution is 2.30. The smallest absolute Gasteiger partial charge is 0.310 e. The van der Waals surface area contributed by atoms with Gasteiger partial charge in [0.1, 0.15) is 0 Å². The van der Waals surface area contributed by atoms with Gasteiger partial charge in [-0.15, -0.1) is 0 Å². The highest BCUT2D eigenvalue weighted by Gasteiger charge is 2.17. The van der Waals surface area contributed by atoms with Crippen molar-refractivity contribution in [3.8, 4) is 11.1 Å². The number of hydrogen-bond donors (Lipinski definition) is 1. The molecule has 0 aliphatic rings. The van der Waals surface area contributed by atoms with Crippen LogP contribution in [0.1, 0.15) is 18.4 Å². The van der Waals surface area contributed by atoms with Crippen molar-refractivity contribution in [1.29, 1.82) is 0 Å². The monoisotopic (exact) mass is 260 g/mol. The van der Waals surface area contributed by atoms with E-state index in [4.69, 9.17) is 16.7 Å². The van der Waals surface area contributed by atoms with Crippen molar-refractivity contribution in [2.75, 3.05) is 0 Å². The largest absolute Gasteiger partial charge is 0.481 e. The average molecular weight is 261 g/mol. The van der Waals surface area contributed by atoms with Crippen LogP contribution < -0.4 is 0 Å². The second-order valence-electron chi connectivity index (χ2n) is 4.16. The van der Waals surface area contributed by atoms with Crippen LogP contribution >= 0.6 is 11.6 Å². The van der Waals surface area contributed by atoms with E-state index in [9.17, 15) is 4.79 Å². The van der Waals surface area contributed by atoms with E-state index in [1.807, 2.05) is 42.5 Å². The van der Waals surface area contributed by atoms with Gasteiger partial charge in [0, 0.05) is 5.02 Å². The average Bonchev–Trinajstić information content (AvgIpc) is 2.38. The van der Waals surface area contributed by atoms with E-state index < -0.39 is 11.9 Å². The van der Waals surface area contributed by atoms with E-state index in [2.05, 4.69) is 0 Å². The Morgan fingerprint density at radius 3 is 2.56 bits per heavy atom. The summed E-state index contributed by atoms with van der Waals surface area (Å²) in [5.41, 5.74) is 2.65. The van der Waals surface area contributed by atoms with E-state index >= 15 is 0 Å². The van der Waals surface area contributed by atoms with Gasteiger partial charge in [0.15, 0.2) is 0 Å². The zero-order chi connectivity index (χ0) is 13.1. The van der Waals surface area contributed by atoms with Gasteiger partial charge in [0.05, 0.1) is 5.92 Å². The highest BCUT2D eigenvalue weighted by molar-refractivity contribution is 6.30. The maximum absolute atomic E-state index is 11.1. The second-order valence-corrected chi connectivity index (χ2v) is 4.59. The zero-order valence-corrected chi connectivity index (χ0v) is 10.7. The molecule has 0 fully saturated rings. The molecule has 0 bridgehead atoms. The topological polar surface area (TPSA) is 37.3 Å². The summed E-state index contributed by atoms with van der Waals surface area (Å²) in [6.45, 7) is 1.69. The van der Waals surface area contributed by atoms with Gasteiger partial charge in [-0.2, -0.15) is 0 Å². The quantitative estimate of drug-likeness (QED) is 0.898. The third-order valence-electron chi connectivity index (χ3n) is 2.93. The minimum Gasteiger partial charge on any atom is -0.481 e. The first-order valence-corrected chi connectivity index (χ1v) is 6.05. The van der Waals surface area contributed by atoms with Gasteiger partial charge < -0.3 is 5.11 Å². The molecule has 0 saturated carbocycles. The van der Waals surface area contributed by atoms with Crippen molar-refractivity contribution < 1.29 is 9.90 Å². The summed E-state index contributed by atoms with van der Waals surface area (Å²) in [6, 6.07) is 14.9. The summed E-state index contributed by atoms with van der Waals surface area (Å²) < 4.78 is 0. The lowest BCUT2D eigenvalue weighted by molar-refractivity contribution is -0.138. The van der Waals surface area contributed by atoms with Crippen LogP contribution in [0.25, 0.3) is 11.1 Å². The number of hydrogen-bond acceptors (Lipinski definition) is 1. The van der Waals surface area contributed by atoms with Gasteiger partial charge in [-0.1, -0.05) is 48.0 Å². The molecule has 0 saturated heterocycles. The van der Waals surface area contributed by atoms with Crippen LogP contribution in [-0.2, 0) is 4.79 Å². The SMILES string of the molecule is CC(C(=O)O)c1ccccc1-c1cccc(Cl)c1. The number of halogens is 1. The van der Waals surface area contributed by atoms with Gasteiger partial charge in [-0.3, -0.25) is 4.79 Å². The number of carbonyl (C=O) groups is 1. The predicted octanol–water partition coefficient (Wildman–Crippen LogP) is 4.20. The van der Waals surface area contributed by atoms with Crippen molar-refractivity contribution in [1.82, 2.24) is 0 Å². The van der Waals surface area contributed by atoms with Crippen LogP contribution in [0.2, 0.25) is 5.02 Å². The number of rotatable bonds is 3. The third kappa shape index (κ3) is 2.54. The number of carboxylic acid groups (broad SMARTS) is 1. The number of benzene rings is 2. The molecule has 0 amide bonds. The molecular formula is C15H13ClO2. The molecule has 0 aromatic heterocycles. The molecule has 1 unspecified atom stereocenters. The molecule has 0 aliphatic carbocycles. The second kappa shape index (κ2) is 5.23. The van der Waals surface area contributed by atoms with Crippen LogP contribution in [-0.4, -0.2) is 11.1 Å². The molecule has 1 atom stereocenters. The Morgan fingerprint density at radius 2 is 1.89 bits per heavy atom. The van der Waals surface area contributed by atoms with Gasteiger partial charge in [0.2, 0.25) is 0 Å². The molecule has 0 spiro atoms. The number of carboxylic acids is 1. The van der Waals surface area contributed by atoms with Crippen LogP contribution in [0.4, 0.5) is 0 Å². The van der Waals surface area contributed by atoms with Crippen LogP contribution in [0, 0.1) is 0 Å². The normalized spacial score (nSPS) is 12.1. The lowest BCUT2D eigenvalue weighted by Gasteiger charge is -2.13. The maximum atomic E-state index is 11.1. The first-order valence-electron chi connectivity index (χ1n) is 5.67. The fourth-order valence-corrected chi connectivity index (χ4v) is 2.12. The summed E-state index contributed by atoms with van der Waals surface area (Å²) in [5.74, 6) is -1.37. The molecule has 18 heavy (non-hydrogen) atoms. The minimum absolute atomic E-state index is 0.541. The highest BCUT2D eigenvalue weighted by atomic mass is 35.5. The van der Waals surface area contributed by atoms with Gasteiger partial charge in [0.25, 0.3) is 0 Å². The number of aliphatic carboxylic acids is 1. The predicted molar refractivity (Wildman–Crippen MR) is 72.9 cm³/mol. The maximum Gasteiger partial charge on any atom is 0.310 e. The van der Waals surface area contributed by atoms with Gasteiger partial charge >= 0.3 is 5.97 Å². The Morgan fingerprint density at radius 1 is 1.17 bits per heavy atom. The summed E-state index contributed by atoms with van der Waals surface area (Å²) in [6.07, 6.45) is 0. The van der Waals surface area contributed by atoms with E-state index in [1.165, 1.54) is 0 Å². The van der Waals surface area contributed by atoms with Crippen molar-refractivity contribution in [3.05, 3.63) is 59.1 Å². The molecule has 2 aromatic rings. The molecule has 0 heterocycles. The van der Waals surface area contributed by atoms with E-state index in [0.29, 0.717) is 5.02 Å². The molecule has 92 valence electrons. The van der Waals surface area contributed by atoms with E-state index in [1.54, 1.807) is 13.0 Å². The van der Waals surface area contributed by atoms with Gasteiger partial charge in [-0.25, -0.2) is 0 Å². The Bertz CT molecular complexity index is 578. The molecule has 2 nitrogen and oxygen atoms in total. The van der Waals surface area contributed by atoms with Crippen molar-refractivity contribution in [3.63, 3.8) is 0 Å². The first kappa shape index (κ1) is 12.7. The van der Waals surface area contributed by atoms with Gasteiger partial charge in [-0.05, 0) is 35.7 Å². The fraction of sp³-hybridized carbons (Fsp3) is 0.133. The van der Waals surface area contributed by atoms with Crippen molar-refractivity contribution in [2.24, 2.45) is 0 Å². The lowest BCUT2D eigenvalue weighted by atomic mass is 9.92. The minimum atomic E-state index is -0.829. The summed E-state index contributed by atoms with van der Waals surface area (Å²) in [7, 11) is 0. The van der Waals surface area contributed by atoms with Crippen molar-refractivity contribution in [2.45, 2.75) is 12.8 Å². The first-order chi connectivity index (χ1) is 8.59. The standard InChI is InChI=1S/C15H13ClO2/c1-10(15(17)18)13-7-2-3-8-14(13)11-5-4-6-12(16)9-11/h2-10H,1H3,(H,17,18). The van der Waals surface area contributed by atoms with Crippen LogP contribution in [0.15, 0.2) is 48.5 Å². The molecule has 3 heteroatoms. The Labute approximate surface area is 111 Å². The van der Waals surface area contributed by atoms with Crippen LogP contribution in [0.5, 0.6) is 0 Å². The zero-order valence-electron chi connectivity index (χ0n) is 9.93. The fourth-order valence-electron chi connectivity index (χ4n) is 1.93. The van der Waals surface area contributed by atoms with Crippen LogP contribution in [0.3, 0.4) is 0 Å². The molecule has 0 radical (unpaired) electrons. The third-order valence-corrected chi connectivity index (χ3v) is 3.17. The molecular weight excluding hydrogens is 248 g/mol. The molecule has 1 N–H and O–H groups in total. The summed E-state index contributed by atoms with van der Waals surface area (Å²) in [4.78, 5) is 11.1. The Balaban J connectivity index is 2.55. The molecule has 0 aliphatic heterocycles. The lowest BCUT2D eigenvalue weighted by Crippen LogP contribution is -2.08.